The normalized spacial score (nSPS) is 10.4. The van der Waals surface area contributed by atoms with Crippen molar-refractivity contribution < 1.29 is 20.1 Å². The lowest BCUT2D eigenvalue weighted by atomic mass is 10.0. The van der Waals surface area contributed by atoms with Crippen LogP contribution >= 0.6 is 45.2 Å². The zero-order valence-corrected chi connectivity index (χ0v) is 12.7. The van der Waals surface area contributed by atoms with Crippen LogP contribution in [0.2, 0.25) is 0 Å². The van der Waals surface area contributed by atoms with E-state index >= 15 is 0 Å². The highest BCUT2D eigenvalue weighted by molar-refractivity contribution is 14.1. The molecule has 0 radical (unpaired) electrons. The van der Waals surface area contributed by atoms with Gasteiger partial charge in [0.2, 0.25) is 0 Å². The Bertz CT molecular complexity index is 443. The second-order valence-electron chi connectivity index (χ2n) is 3.23. The number of carboxylic acids is 1. The van der Waals surface area contributed by atoms with Crippen molar-refractivity contribution in [3.63, 3.8) is 0 Å². The Balaban J connectivity index is 3.61. The minimum absolute atomic E-state index is 0.191. The molecule has 0 amide bonds. The molecule has 3 N–H and O–H groups in total. The highest BCUT2D eigenvalue weighted by Crippen LogP contribution is 2.40. The van der Waals surface area contributed by atoms with Gasteiger partial charge >= 0.3 is 5.97 Å². The number of rotatable bonds is 3. The van der Waals surface area contributed by atoms with Gasteiger partial charge in [-0.2, -0.15) is 0 Å². The van der Waals surface area contributed by atoms with Crippen LogP contribution in [0.15, 0.2) is 0 Å². The minimum atomic E-state index is -1.22. The Labute approximate surface area is 120 Å². The monoisotopic (exact) mass is 448 g/mol. The van der Waals surface area contributed by atoms with E-state index < -0.39 is 11.7 Å². The summed E-state index contributed by atoms with van der Waals surface area (Å²) in [6, 6.07) is 0. The van der Waals surface area contributed by atoms with Crippen LogP contribution in [0.1, 0.15) is 29.3 Å². The maximum atomic E-state index is 11.1. The van der Waals surface area contributed by atoms with E-state index in [1.807, 2.05) is 52.1 Å². The summed E-state index contributed by atoms with van der Waals surface area (Å²) in [5.74, 6) is -2.12. The van der Waals surface area contributed by atoms with Gasteiger partial charge in [0.25, 0.3) is 0 Å². The molecule has 1 aromatic carbocycles. The fourth-order valence-electron chi connectivity index (χ4n) is 1.43. The summed E-state index contributed by atoms with van der Waals surface area (Å²) in [4.78, 5) is 11.1. The van der Waals surface area contributed by atoms with Crippen LogP contribution in [0.3, 0.4) is 0 Å². The van der Waals surface area contributed by atoms with Crippen LogP contribution in [-0.4, -0.2) is 21.3 Å². The summed E-state index contributed by atoms with van der Waals surface area (Å²) in [7, 11) is 0. The molecule has 4 nitrogen and oxygen atoms in total. The van der Waals surface area contributed by atoms with Crippen molar-refractivity contribution in [1.82, 2.24) is 0 Å². The molecule has 0 heterocycles. The number of benzene rings is 1. The van der Waals surface area contributed by atoms with E-state index in [1.54, 1.807) is 0 Å². The molecule has 0 saturated heterocycles. The van der Waals surface area contributed by atoms with Gasteiger partial charge < -0.3 is 15.3 Å². The van der Waals surface area contributed by atoms with E-state index in [2.05, 4.69) is 0 Å². The maximum absolute atomic E-state index is 11.1. The molecule has 0 aliphatic rings. The van der Waals surface area contributed by atoms with Crippen molar-refractivity contribution in [2.45, 2.75) is 19.8 Å². The number of carbonyl (C=O) groups is 1. The van der Waals surface area contributed by atoms with E-state index in [0.29, 0.717) is 19.1 Å². The lowest BCUT2D eigenvalue weighted by Crippen LogP contribution is -2.07. The van der Waals surface area contributed by atoms with Crippen LogP contribution in [0.4, 0.5) is 0 Å². The van der Waals surface area contributed by atoms with E-state index in [9.17, 15) is 15.0 Å². The first-order valence-electron chi connectivity index (χ1n) is 4.56. The smallest absolute Gasteiger partial charge is 0.339 e. The Kier molecular flexibility index (Phi) is 4.65. The molecule has 0 aliphatic carbocycles. The molecule has 0 fully saturated rings. The third kappa shape index (κ3) is 2.36. The Morgan fingerprint density at radius 3 is 2.19 bits per heavy atom. The number of hydrogen-bond donors (Lipinski definition) is 3. The van der Waals surface area contributed by atoms with E-state index in [4.69, 9.17) is 5.11 Å². The lowest BCUT2D eigenvalue weighted by molar-refractivity contribution is 0.0691. The zero-order valence-electron chi connectivity index (χ0n) is 8.42. The largest absolute Gasteiger partial charge is 0.504 e. The first kappa shape index (κ1) is 13.8. The predicted molar refractivity (Wildman–Crippen MR) is 76.2 cm³/mol. The number of aromatic carboxylic acids is 1. The summed E-state index contributed by atoms with van der Waals surface area (Å²) < 4.78 is 1.18. The van der Waals surface area contributed by atoms with E-state index in [-0.39, 0.29) is 11.3 Å². The van der Waals surface area contributed by atoms with Crippen molar-refractivity contribution in [1.29, 1.82) is 0 Å². The van der Waals surface area contributed by atoms with Gasteiger partial charge in [-0.05, 0) is 57.2 Å². The first-order chi connectivity index (χ1) is 7.41. The predicted octanol–water partition coefficient (Wildman–Crippen LogP) is 2.96. The molecule has 0 spiro atoms. The van der Waals surface area contributed by atoms with Gasteiger partial charge in [-0.25, -0.2) is 4.79 Å². The van der Waals surface area contributed by atoms with Gasteiger partial charge in [-0.3, -0.25) is 0 Å². The van der Waals surface area contributed by atoms with E-state index in [1.165, 1.54) is 0 Å². The Morgan fingerprint density at radius 2 is 1.75 bits per heavy atom. The highest BCUT2D eigenvalue weighted by Gasteiger charge is 2.24. The summed E-state index contributed by atoms with van der Waals surface area (Å²) in [5.41, 5.74) is 0.388. The van der Waals surface area contributed by atoms with Crippen LogP contribution in [-0.2, 0) is 6.42 Å². The van der Waals surface area contributed by atoms with Gasteiger partial charge in [-0.15, -0.1) is 0 Å². The average molecular weight is 448 g/mol. The molecular formula is C10H10I2O4. The van der Waals surface area contributed by atoms with Crippen molar-refractivity contribution in [3.8, 4) is 11.5 Å². The molecule has 0 unspecified atom stereocenters. The zero-order chi connectivity index (χ0) is 12.5. The molecule has 1 rings (SSSR count). The second-order valence-corrected chi connectivity index (χ2v) is 5.39. The highest BCUT2D eigenvalue weighted by atomic mass is 127. The number of hydrogen-bond acceptors (Lipinski definition) is 3. The quantitative estimate of drug-likeness (QED) is 0.491. The fraction of sp³-hybridized carbons (Fsp3) is 0.300. The molecular weight excluding hydrogens is 438 g/mol. The number of aromatic hydroxyl groups is 2. The van der Waals surface area contributed by atoms with Crippen molar-refractivity contribution in [2.24, 2.45) is 0 Å². The van der Waals surface area contributed by atoms with Crippen LogP contribution in [0.5, 0.6) is 11.5 Å². The minimum Gasteiger partial charge on any atom is -0.504 e. The molecule has 0 bridgehead atoms. The SMILES string of the molecule is CCCc1c(I)c(I)c(O)c(O)c1C(=O)O. The summed E-state index contributed by atoms with van der Waals surface area (Å²) in [6.45, 7) is 1.93. The number of phenolic OH excluding ortho intramolecular Hbond substituents is 1. The standard InChI is InChI=1S/C10H10I2O4/c1-2-3-4-5(10(15)16)8(13)9(14)7(12)6(4)11/h13-14H,2-3H2,1H3,(H,15,16). The first-order valence-corrected chi connectivity index (χ1v) is 6.72. The maximum Gasteiger partial charge on any atom is 0.339 e. The third-order valence-corrected chi connectivity index (χ3v) is 5.42. The van der Waals surface area contributed by atoms with E-state index in [0.717, 1.165) is 6.42 Å². The molecule has 0 atom stereocenters. The van der Waals surface area contributed by atoms with Crippen molar-refractivity contribution in [2.75, 3.05) is 0 Å². The van der Waals surface area contributed by atoms with Crippen molar-refractivity contribution >= 4 is 51.2 Å². The van der Waals surface area contributed by atoms with Gasteiger partial charge in [0.1, 0.15) is 5.56 Å². The molecule has 16 heavy (non-hydrogen) atoms. The molecule has 6 heteroatoms. The molecule has 0 aromatic heterocycles. The molecule has 0 saturated carbocycles. The average Bonchev–Trinajstić information content (AvgIpc) is 2.23. The summed E-state index contributed by atoms with van der Waals surface area (Å²) in [5, 5.41) is 28.3. The van der Waals surface area contributed by atoms with Crippen molar-refractivity contribution in [3.05, 3.63) is 18.3 Å². The summed E-state index contributed by atoms with van der Waals surface area (Å²) >= 11 is 3.88. The third-order valence-electron chi connectivity index (χ3n) is 2.14. The lowest BCUT2D eigenvalue weighted by Gasteiger charge is -2.13. The van der Waals surface area contributed by atoms with Gasteiger partial charge in [0.05, 0.1) is 3.57 Å². The number of phenols is 2. The van der Waals surface area contributed by atoms with Crippen LogP contribution in [0, 0.1) is 7.14 Å². The van der Waals surface area contributed by atoms with Crippen LogP contribution in [0.25, 0.3) is 0 Å². The molecule has 1 aromatic rings. The van der Waals surface area contributed by atoms with Gasteiger partial charge in [-0.1, -0.05) is 13.3 Å². The molecule has 0 aliphatic heterocycles. The summed E-state index contributed by atoms with van der Waals surface area (Å²) in [6.07, 6.45) is 1.33. The second kappa shape index (κ2) is 5.39. The Hall–Kier alpha value is -0.250. The fourth-order valence-corrected chi connectivity index (χ4v) is 2.80. The number of halogens is 2. The molecule has 88 valence electrons. The number of carboxylic acid groups (broad SMARTS) is 1. The van der Waals surface area contributed by atoms with Crippen LogP contribution < -0.4 is 0 Å². The Morgan fingerprint density at radius 1 is 1.19 bits per heavy atom. The van der Waals surface area contributed by atoms with Gasteiger partial charge in [0, 0.05) is 3.57 Å². The topological polar surface area (TPSA) is 77.8 Å². The van der Waals surface area contributed by atoms with Gasteiger partial charge in [0.15, 0.2) is 11.5 Å².